The zero-order valence-corrected chi connectivity index (χ0v) is 11.1. The fourth-order valence-corrected chi connectivity index (χ4v) is 2.77. The fourth-order valence-electron chi connectivity index (χ4n) is 2.77. The van der Waals surface area contributed by atoms with E-state index >= 15 is 0 Å². The molecule has 0 fully saturated rings. The highest BCUT2D eigenvalue weighted by molar-refractivity contribution is 5.93. The van der Waals surface area contributed by atoms with Gasteiger partial charge in [-0.05, 0) is 37.1 Å². The number of carboxylic acid groups (broad SMARTS) is 1. The predicted octanol–water partition coefficient (Wildman–Crippen LogP) is 3.46. The molecule has 1 aliphatic rings. The van der Waals surface area contributed by atoms with E-state index in [-0.39, 0.29) is 11.9 Å². The first-order chi connectivity index (χ1) is 9.56. The van der Waals surface area contributed by atoms with Gasteiger partial charge in [-0.15, -0.1) is 0 Å². The van der Waals surface area contributed by atoms with Gasteiger partial charge in [0.05, 0.1) is 6.04 Å². The molecule has 0 bridgehead atoms. The van der Waals surface area contributed by atoms with Crippen LogP contribution in [0.4, 0.5) is 9.18 Å². The molecule has 2 aromatic rings. The Hall–Kier alpha value is -2.30. The first-order valence-electron chi connectivity index (χ1n) is 6.53. The van der Waals surface area contributed by atoms with Crippen molar-refractivity contribution in [2.45, 2.75) is 19.4 Å². The smallest absolute Gasteiger partial charge is 0.407 e. The van der Waals surface area contributed by atoms with E-state index in [4.69, 9.17) is 5.11 Å². The van der Waals surface area contributed by atoms with E-state index in [1.807, 2.05) is 19.2 Å². The van der Waals surface area contributed by atoms with Crippen LogP contribution in [0.25, 0.3) is 16.5 Å². The van der Waals surface area contributed by atoms with Gasteiger partial charge < -0.3 is 15.0 Å². The van der Waals surface area contributed by atoms with Crippen LogP contribution in [0.1, 0.15) is 18.9 Å². The van der Waals surface area contributed by atoms with Crippen LogP contribution in [0.3, 0.4) is 0 Å². The quantitative estimate of drug-likeness (QED) is 0.836. The van der Waals surface area contributed by atoms with Crippen LogP contribution in [-0.4, -0.2) is 33.7 Å². The number of H-pyrrole nitrogens is 1. The number of hydrogen-bond donors (Lipinski definition) is 2. The summed E-state index contributed by atoms with van der Waals surface area (Å²) in [6, 6.07) is 4.51. The number of fused-ring (bicyclic) bond motifs is 1. The lowest BCUT2D eigenvalue weighted by atomic mass is 9.96. The molecule has 0 saturated carbocycles. The number of amides is 1. The summed E-state index contributed by atoms with van der Waals surface area (Å²) in [7, 11) is 0. The normalized spacial score (nSPS) is 19.2. The second-order valence-corrected chi connectivity index (χ2v) is 5.05. The molecule has 20 heavy (non-hydrogen) atoms. The number of aromatic amines is 1. The van der Waals surface area contributed by atoms with E-state index in [9.17, 15) is 9.18 Å². The molecule has 2 heterocycles. The Morgan fingerprint density at radius 2 is 2.30 bits per heavy atom. The highest BCUT2D eigenvalue weighted by Crippen LogP contribution is 2.31. The van der Waals surface area contributed by atoms with Gasteiger partial charge in [0.25, 0.3) is 0 Å². The first kappa shape index (κ1) is 12.7. The van der Waals surface area contributed by atoms with Crippen molar-refractivity contribution in [3.8, 4) is 0 Å². The Kier molecular flexibility index (Phi) is 2.97. The molecular formula is C15H15FN2O2. The summed E-state index contributed by atoms with van der Waals surface area (Å²) in [5.74, 6) is -0.269. The second kappa shape index (κ2) is 4.67. The Morgan fingerprint density at radius 3 is 3.00 bits per heavy atom. The van der Waals surface area contributed by atoms with Crippen LogP contribution in [0.15, 0.2) is 30.5 Å². The van der Waals surface area contributed by atoms with Gasteiger partial charge in [0.15, 0.2) is 0 Å². The maximum absolute atomic E-state index is 13.2. The van der Waals surface area contributed by atoms with Crippen molar-refractivity contribution in [3.63, 3.8) is 0 Å². The topological polar surface area (TPSA) is 56.3 Å². The molecule has 1 atom stereocenters. The van der Waals surface area contributed by atoms with Crippen molar-refractivity contribution in [1.29, 1.82) is 0 Å². The van der Waals surface area contributed by atoms with Crippen LogP contribution in [0.2, 0.25) is 0 Å². The van der Waals surface area contributed by atoms with E-state index in [0.717, 1.165) is 22.0 Å². The summed E-state index contributed by atoms with van der Waals surface area (Å²) in [5.41, 5.74) is 2.89. The molecule has 2 N–H and O–H groups in total. The van der Waals surface area contributed by atoms with Gasteiger partial charge in [-0.25, -0.2) is 9.18 Å². The van der Waals surface area contributed by atoms with Gasteiger partial charge in [0, 0.05) is 29.2 Å². The summed E-state index contributed by atoms with van der Waals surface area (Å²) in [6.07, 6.45) is 3.60. The van der Waals surface area contributed by atoms with Crippen LogP contribution in [0.5, 0.6) is 0 Å². The average molecular weight is 274 g/mol. The third-order valence-corrected chi connectivity index (χ3v) is 3.79. The molecule has 1 amide bonds. The van der Waals surface area contributed by atoms with E-state index in [1.165, 1.54) is 17.0 Å². The molecule has 0 spiro atoms. The third kappa shape index (κ3) is 2.05. The molecular weight excluding hydrogens is 259 g/mol. The number of carbonyl (C=O) groups is 1. The Bertz CT molecular complexity index is 705. The summed E-state index contributed by atoms with van der Waals surface area (Å²) in [5, 5.41) is 10.0. The molecule has 0 radical (unpaired) electrons. The lowest BCUT2D eigenvalue weighted by Crippen LogP contribution is -2.39. The molecule has 1 aromatic carbocycles. The maximum atomic E-state index is 13.2. The summed E-state index contributed by atoms with van der Waals surface area (Å²) in [6.45, 7) is 2.35. The lowest BCUT2D eigenvalue weighted by molar-refractivity contribution is 0.136. The zero-order valence-electron chi connectivity index (χ0n) is 11.1. The average Bonchev–Trinajstić information content (AvgIpc) is 2.80. The predicted molar refractivity (Wildman–Crippen MR) is 75.0 cm³/mol. The number of benzene rings is 1. The lowest BCUT2D eigenvalue weighted by Gasteiger charge is -2.29. The number of halogens is 1. The number of hydrogen-bond acceptors (Lipinski definition) is 1. The number of nitrogens with zero attached hydrogens (tertiary/aromatic N) is 1. The number of rotatable bonds is 1. The molecule has 5 heteroatoms. The summed E-state index contributed by atoms with van der Waals surface area (Å²) < 4.78 is 13.2. The first-order valence-corrected chi connectivity index (χ1v) is 6.53. The Balaban J connectivity index is 2.00. The number of aromatic nitrogens is 1. The van der Waals surface area contributed by atoms with Crippen molar-refractivity contribution in [2.75, 3.05) is 6.54 Å². The van der Waals surface area contributed by atoms with Crippen LogP contribution >= 0.6 is 0 Å². The van der Waals surface area contributed by atoms with Gasteiger partial charge in [0.1, 0.15) is 5.82 Å². The van der Waals surface area contributed by atoms with E-state index in [0.29, 0.717) is 13.0 Å². The van der Waals surface area contributed by atoms with Crippen LogP contribution in [-0.2, 0) is 0 Å². The van der Waals surface area contributed by atoms with Crippen molar-refractivity contribution in [3.05, 3.63) is 41.9 Å². The third-order valence-electron chi connectivity index (χ3n) is 3.79. The monoisotopic (exact) mass is 274 g/mol. The van der Waals surface area contributed by atoms with Crippen molar-refractivity contribution >= 4 is 22.6 Å². The number of nitrogens with one attached hydrogen (secondary N) is 1. The van der Waals surface area contributed by atoms with Gasteiger partial charge in [-0.3, -0.25) is 0 Å². The molecule has 1 aromatic heterocycles. The molecule has 4 nitrogen and oxygen atoms in total. The molecule has 3 rings (SSSR count). The van der Waals surface area contributed by atoms with Crippen LogP contribution < -0.4 is 0 Å². The Labute approximate surface area is 115 Å². The Morgan fingerprint density at radius 1 is 1.50 bits per heavy atom. The van der Waals surface area contributed by atoms with Crippen molar-refractivity contribution in [2.24, 2.45) is 0 Å². The van der Waals surface area contributed by atoms with Gasteiger partial charge in [0.2, 0.25) is 0 Å². The van der Waals surface area contributed by atoms with Gasteiger partial charge in [-0.2, -0.15) is 0 Å². The molecule has 0 saturated heterocycles. The SMILES string of the molecule is CC1C=C(c2c[nH]c3cc(F)ccc23)CCN1C(=O)O. The van der Waals surface area contributed by atoms with Crippen molar-refractivity contribution in [1.82, 2.24) is 9.88 Å². The molecule has 0 aliphatic carbocycles. The minimum atomic E-state index is -0.895. The second-order valence-electron chi connectivity index (χ2n) is 5.05. The minimum absolute atomic E-state index is 0.151. The molecule has 104 valence electrons. The standard InChI is InChI=1S/C15H15FN2O2/c1-9-6-10(4-5-18(9)15(19)20)13-8-17-14-7-11(16)2-3-12(13)14/h2-3,6-9,17H,4-5H2,1H3,(H,19,20). The molecule has 1 unspecified atom stereocenters. The van der Waals surface area contributed by atoms with Gasteiger partial charge >= 0.3 is 6.09 Å². The highest BCUT2D eigenvalue weighted by atomic mass is 19.1. The fraction of sp³-hybridized carbons (Fsp3) is 0.267. The minimum Gasteiger partial charge on any atom is -0.465 e. The summed E-state index contributed by atoms with van der Waals surface area (Å²) in [4.78, 5) is 15.5. The molecule has 1 aliphatic heterocycles. The largest absolute Gasteiger partial charge is 0.465 e. The van der Waals surface area contributed by atoms with E-state index in [2.05, 4.69) is 4.98 Å². The maximum Gasteiger partial charge on any atom is 0.407 e. The van der Waals surface area contributed by atoms with E-state index in [1.54, 1.807) is 6.07 Å². The highest BCUT2D eigenvalue weighted by Gasteiger charge is 2.24. The van der Waals surface area contributed by atoms with E-state index < -0.39 is 6.09 Å². The zero-order chi connectivity index (χ0) is 14.3. The summed E-state index contributed by atoms with van der Waals surface area (Å²) >= 11 is 0. The van der Waals surface area contributed by atoms with Crippen molar-refractivity contribution < 1.29 is 14.3 Å². The van der Waals surface area contributed by atoms with Gasteiger partial charge in [-0.1, -0.05) is 6.08 Å². The van der Waals surface area contributed by atoms with Crippen LogP contribution in [0, 0.1) is 5.82 Å².